The second-order valence-electron chi connectivity index (χ2n) is 5.19. The molecule has 1 fully saturated rings. The SMILES string of the molecule is C=CCNC(=O)[C@H]1CCCN(S(=O)(=O)c2ccc(F)cc2)C1. The maximum Gasteiger partial charge on any atom is 0.243 e. The first-order valence-electron chi connectivity index (χ1n) is 7.09. The predicted molar refractivity (Wildman–Crippen MR) is 81.1 cm³/mol. The number of piperidine rings is 1. The molecule has 1 N–H and O–H groups in total. The van der Waals surface area contributed by atoms with Crippen LogP contribution in [0.5, 0.6) is 0 Å². The van der Waals surface area contributed by atoms with Crippen molar-refractivity contribution >= 4 is 15.9 Å². The van der Waals surface area contributed by atoms with Crippen LogP contribution < -0.4 is 5.32 Å². The summed E-state index contributed by atoms with van der Waals surface area (Å²) in [4.78, 5) is 12.0. The summed E-state index contributed by atoms with van der Waals surface area (Å²) in [6.45, 7) is 4.40. The minimum Gasteiger partial charge on any atom is -0.352 e. The van der Waals surface area contributed by atoms with Gasteiger partial charge in [0.2, 0.25) is 15.9 Å². The molecule has 22 heavy (non-hydrogen) atoms. The lowest BCUT2D eigenvalue weighted by Crippen LogP contribution is -2.45. The van der Waals surface area contributed by atoms with E-state index in [1.807, 2.05) is 0 Å². The van der Waals surface area contributed by atoms with Gasteiger partial charge in [-0.05, 0) is 37.1 Å². The normalized spacial score (nSPS) is 19.6. The summed E-state index contributed by atoms with van der Waals surface area (Å²) in [5.74, 6) is -1.03. The van der Waals surface area contributed by atoms with Crippen molar-refractivity contribution in [1.29, 1.82) is 0 Å². The Hall–Kier alpha value is -1.73. The number of benzene rings is 1. The van der Waals surface area contributed by atoms with E-state index in [4.69, 9.17) is 0 Å². The lowest BCUT2D eigenvalue weighted by Gasteiger charge is -2.31. The van der Waals surface area contributed by atoms with Crippen molar-refractivity contribution in [3.8, 4) is 0 Å². The van der Waals surface area contributed by atoms with E-state index in [1.54, 1.807) is 6.08 Å². The molecule has 2 rings (SSSR count). The van der Waals surface area contributed by atoms with Gasteiger partial charge in [0.15, 0.2) is 0 Å². The van der Waals surface area contributed by atoms with E-state index in [9.17, 15) is 17.6 Å². The third-order valence-corrected chi connectivity index (χ3v) is 5.51. The highest BCUT2D eigenvalue weighted by molar-refractivity contribution is 7.89. The summed E-state index contributed by atoms with van der Waals surface area (Å²) in [6.07, 6.45) is 2.85. The average Bonchev–Trinajstić information content (AvgIpc) is 2.53. The smallest absolute Gasteiger partial charge is 0.243 e. The summed E-state index contributed by atoms with van der Waals surface area (Å²) >= 11 is 0. The van der Waals surface area contributed by atoms with Crippen molar-refractivity contribution in [2.24, 2.45) is 5.92 Å². The number of rotatable bonds is 5. The van der Waals surface area contributed by atoms with Crippen molar-refractivity contribution in [2.75, 3.05) is 19.6 Å². The lowest BCUT2D eigenvalue weighted by molar-refractivity contribution is -0.125. The number of nitrogens with one attached hydrogen (secondary N) is 1. The van der Waals surface area contributed by atoms with Crippen LogP contribution in [0.15, 0.2) is 41.8 Å². The Bertz CT molecular complexity index is 643. The van der Waals surface area contributed by atoms with Gasteiger partial charge in [0.05, 0.1) is 10.8 Å². The number of carbonyl (C=O) groups excluding carboxylic acids is 1. The molecule has 0 aromatic heterocycles. The molecule has 1 atom stereocenters. The van der Waals surface area contributed by atoms with E-state index in [-0.39, 0.29) is 23.3 Å². The standard InChI is InChI=1S/C15H19FN2O3S/c1-2-9-17-15(19)12-4-3-10-18(11-12)22(20,21)14-7-5-13(16)6-8-14/h2,5-8,12H,1,3-4,9-11H2,(H,17,19)/t12-/m0/s1. The van der Waals surface area contributed by atoms with Crippen LogP contribution in [0.1, 0.15) is 12.8 Å². The molecule has 1 heterocycles. The largest absolute Gasteiger partial charge is 0.352 e. The minimum absolute atomic E-state index is 0.0426. The lowest BCUT2D eigenvalue weighted by atomic mass is 9.99. The van der Waals surface area contributed by atoms with Gasteiger partial charge in [-0.15, -0.1) is 6.58 Å². The van der Waals surface area contributed by atoms with Crippen LogP contribution in [-0.4, -0.2) is 38.3 Å². The Morgan fingerprint density at radius 3 is 2.73 bits per heavy atom. The Balaban J connectivity index is 2.12. The molecule has 1 aliphatic rings. The van der Waals surface area contributed by atoms with Gasteiger partial charge in [-0.25, -0.2) is 12.8 Å². The van der Waals surface area contributed by atoms with Crippen molar-refractivity contribution in [3.63, 3.8) is 0 Å². The van der Waals surface area contributed by atoms with Crippen LogP contribution in [0, 0.1) is 11.7 Å². The van der Waals surface area contributed by atoms with E-state index in [0.29, 0.717) is 25.9 Å². The zero-order chi connectivity index (χ0) is 16.2. The van der Waals surface area contributed by atoms with Crippen LogP contribution in [0.2, 0.25) is 0 Å². The number of amides is 1. The first-order chi connectivity index (χ1) is 10.4. The van der Waals surface area contributed by atoms with Gasteiger partial charge >= 0.3 is 0 Å². The molecule has 0 spiro atoms. The van der Waals surface area contributed by atoms with Gasteiger partial charge in [0.1, 0.15) is 5.82 Å². The first kappa shape index (κ1) is 16.6. The third-order valence-electron chi connectivity index (χ3n) is 3.63. The zero-order valence-electron chi connectivity index (χ0n) is 12.2. The van der Waals surface area contributed by atoms with Crippen molar-refractivity contribution in [1.82, 2.24) is 9.62 Å². The maximum absolute atomic E-state index is 12.9. The highest BCUT2D eigenvalue weighted by Gasteiger charge is 2.33. The van der Waals surface area contributed by atoms with Crippen molar-refractivity contribution < 1.29 is 17.6 Å². The van der Waals surface area contributed by atoms with Gasteiger partial charge in [-0.1, -0.05) is 6.08 Å². The summed E-state index contributed by atoms with van der Waals surface area (Å²) in [7, 11) is -3.70. The number of hydrogen-bond acceptors (Lipinski definition) is 3. The second kappa shape index (κ2) is 7.02. The molecule has 1 saturated heterocycles. The van der Waals surface area contributed by atoms with E-state index in [0.717, 1.165) is 12.1 Å². The van der Waals surface area contributed by atoms with Crippen LogP contribution >= 0.6 is 0 Å². The second-order valence-corrected chi connectivity index (χ2v) is 7.13. The molecule has 1 amide bonds. The molecule has 1 aliphatic heterocycles. The Labute approximate surface area is 129 Å². The van der Waals surface area contributed by atoms with Crippen LogP contribution in [0.25, 0.3) is 0 Å². The molecule has 1 aromatic carbocycles. The zero-order valence-corrected chi connectivity index (χ0v) is 13.0. The molecule has 0 aliphatic carbocycles. The molecule has 7 heteroatoms. The first-order valence-corrected chi connectivity index (χ1v) is 8.53. The van der Waals surface area contributed by atoms with E-state index >= 15 is 0 Å². The Morgan fingerprint density at radius 1 is 1.41 bits per heavy atom. The van der Waals surface area contributed by atoms with Gasteiger partial charge in [-0.2, -0.15) is 4.31 Å². The van der Waals surface area contributed by atoms with Crippen LogP contribution in [-0.2, 0) is 14.8 Å². The quantitative estimate of drug-likeness (QED) is 0.835. The summed E-state index contributed by atoms with van der Waals surface area (Å²) in [5.41, 5.74) is 0. The number of halogens is 1. The number of hydrogen-bond donors (Lipinski definition) is 1. The van der Waals surface area contributed by atoms with Crippen LogP contribution in [0.4, 0.5) is 4.39 Å². The van der Waals surface area contributed by atoms with Crippen molar-refractivity contribution in [2.45, 2.75) is 17.7 Å². The highest BCUT2D eigenvalue weighted by atomic mass is 32.2. The molecule has 0 unspecified atom stereocenters. The Morgan fingerprint density at radius 2 is 2.09 bits per heavy atom. The monoisotopic (exact) mass is 326 g/mol. The minimum atomic E-state index is -3.70. The van der Waals surface area contributed by atoms with Gasteiger partial charge < -0.3 is 5.32 Å². The molecule has 5 nitrogen and oxygen atoms in total. The molecule has 0 saturated carbocycles. The van der Waals surface area contributed by atoms with Crippen molar-refractivity contribution in [3.05, 3.63) is 42.7 Å². The third kappa shape index (κ3) is 3.72. The van der Waals surface area contributed by atoms with Gasteiger partial charge in [0.25, 0.3) is 0 Å². The fraction of sp³-hybridized carbons (Fsp3) is 0.400. The number of carbonyl (C=O) groups is 1. The summed E-state index contributed by atoms with van der Waals surface area (Å²) in [5, 5.41) is 2.69. The van der Waals surface area contributed by atoms with E-state index in [1.165, 1.54) is 16.4 Å². The van der Waals surface area contributed by atoms with Crippen LogP contribution in [0.3, 0.4) is 0 Å². The summed E-state index contributed by atoms with van der Waals surface area (Å²) < 4.78 is 39.3. The van der Waals surface area contributed by atoms with E-state index in [2.05, 4.69) is 11.9 Å². The predicted octanol–water partition coefficient (Wildman–Crippen LogP) is 1.53. The highest BCUT2D eigenvalue weighted by Crippen LogP contribution is 2.24. The summed E-state index contributed by atoms with van der Waals surface area (Å²) in [6, 6.07) is 4.72. The molecular formula is C15H19FN2O3S. The average molecular weight is 326 g/mol. The topological polar surface area (TPSA) is 66.5 Å². The fourth-order valence-electron chi connectivity index (χ4n) is 2.45. The molecule has 1 aromatic rings. The number of nitrogens with zero attached hydrogens (tertiary/aromatic N) is 1. The molecule has 0 radical (unpaired) electrons. The molecule has 0 bridgehead atoms. The fourth-order valence-corrected chi connectivity index (χ4v) is 3.97. The van der Waals surface area contributed by atoms with E-state index < -0.39 is 15.8 Å². The molecular weight excluding hydrogens is 307 g/mol. The van der Waals surface area contributed by atoms with Gasteiger partial charge in [-0.3, -0.25) is 4.79 Å². The number of sulfonamides is 1. The van der Waals surface area contributed by atoms with Gasteiger partial charge in [0, 0.05) is 19.6 Å². The molecule has 120 valence electrons. The maximum atomic E-state index is 12.9. The Kier molecular flexibility index (Phi) is 5.31.